The summed E-state index contributed by atoms with van der Waals surface area (Å²) in [4.78, 5) is 23.1. The van der Waals surface area contributed by atoms with E-state index < -0.39 is 0 Å². The maximum Gasteiger partial charge on any atom is 0.253 e. The van der Waals surface area contributed by atoms with E-state index >= 15 is 0 Å². The lowest BCUT2D eigenvalue weighted by molar-refractivity contribution is 0.0711. The maximum absolute atomic E-state index is 13.0. The molecule has 1 aliphatic rings. The Morgan fingerprint density at radius 1 is 0.933 bits per heavy atom. The van der Waals surface area contributed by atoms with Crippen LogP contribution >= 0.6 is 11.6 Å². The molecule has 1 aliphatic heterocycles. The SMILES string of the molecule is O=C(c1ccc(-c2ccccc2Cl)cc1)N1CCC(c2nc3ccccc3[nH]2)CC1. The lowest BCUT2D eigenvalue weighted by Gasteiger charge is -2.31. The molecular weight excluding hydrogens is 394 g/mol. The molecule has 1 fully saturated rings. The van der Waals surface area contributed by atoms with Gasteiger partial charge in [0.1, 0.15) is 5.82 Å². The van der Waals surface area contributed by atoms with Crippen molar-refractivity contribution in [3.05, 3.63) is 89.2 Å². The zero-order chi connectivity index (χ0) is 20.5. The van der Waals surface area contributed by atoms with Crippen LogP contribution in [-0.2, 0) is 0 Å². The fraction of sp³-hybridized carbons (Fsp3) is 0.200. The van der Waals surface area contributed by atoms with Gasteiger partial charge in [-0.3, -0.25) is 4.79 Å². The van der Waals surface area contributed by atoms with Gasteiger partial charge in [0.2, 0.25) is 0 Å². The number of H-pyrrole nitrogens is 1. The number of hydrogen-bond donors (Lipinski definition) is 1. The average molecular weight is 416 g/mol. The summed E-state index contributed by atoms with van der Waals surface area (Å²) < 4.78 is 0. The minimum atomic E-state index is 0.0868. The molecule has 0 spiro atoms. The first-order valence-electron chi connectivity index (χ1n) is 10.3. The van der Waals surface area contributed by atoms with Gasteiger partial charge in [-0.05, 0) is 48.7 Å². The Morgan fingerprint density at radius 3 is 2.37 bits per heavy atom. The molecule has 1 aromatic heterocycles. The summed E-state index contributed by atoms with van der Waals surface area (Å²) in [6.07, 6.45) is 1.84. The number of fused-ring (bicyclic) bond motifs is 1. The Hall–Kier alpha value is -3.11. The minimum absolute atomic E-state index is 0.0868. The van der Waals surface area contributed by atoms with Crippen molar-refractivity contribution >= 4 is 28.5 Å². The van der Waals surface area contributed by atoms with Crippen molar-refractivity contribution < 1.29 is 4.79 Å². The number of nitrogens with one attached hydrogen (secondary N) is 1. The summed E-state index contributed by atoms with van der Waals surface area (Å²) >= 11 is 6.29. The molecule has 5 heteroatoms. The number of hydrogen-bond acceptors (Lipinski definition) is 2. The summed E-state index contributed by atoms with van der Waals surface area (Å²) in [6.45, 7) is 1.49. The highest BCUT2D eigenvalue weighted by atomic mass is 35.5. The Kier molecular flexibility index (Phi) is 5.01. The minimum Gasteiger partial charge on any atom is -0.342 e. The summed E-state index contributed by atoms with van der Waals surface area (Å²) in [5.41, 5.74) is 4.78. The largest absolute Gasteiger partial charge is 0.342 e. The summed E-state index contributed by atoms with van der Waals surface area (Å²) in [5, 5.41) is 0.712. The van der Waals surface area contributed by atoms with Gasteiger partial charge in [-0.2, -0.15) is 0 Å². The molecule has 0 atom stereocenters. The maximum atomic E-state index is 13.0. The van der Waals surface area contributed by atoms with E-state index in [4.69, 9.17) is 16.6 Å². The van der Waals surface area contributed by atoms with E-state index in [0.717, 1.165) is 53.9 Å². The summed E-state index contributed by atoms with van der Waals surface area (Å²) in [6, 6.07) is 23.6. The number of carbonyl (C=O) groups excluding carboxylic acids is 1. The lowest BCUT2D eigenvalue weighted by Crippen LogP contribution is -2.38. The van der Waals surface area contributed by atoms with Crippen molar-refractivity contribution in [2.75, 3.05) is 13.1 Å². The second-order valence-corrected chi connectivity index (χ2v) is 8.17. The first-order valence-corrected chi connectivity index (χ1v) is 10.7. The van der Waals surface area contributed by atoms with E-state index in [0.29, 0.717) is 16.5 Å². The van der Waals surface area contributed by atoms with Gasteiger partial charge in [0.05, 0.1) is 11.0 Å². The molecule has 5 rings (SSSR count). The fourth-order valence-corrected chi connectivity index (χ4v) is 4.44. The number of rotatable bonds is 3. The van der Waals surface area contributed by atoms with Gasteiger partial charge in [-0.15, -0.1) is 0 Å². The highest BCUT2D eigenvalue weighted by Gasteiger charge is 2.26. The number of amides is 1. The van der Waals surface area contributed by atoms with E-state index in [1.807, 2.05) is 71.6 Å². The zero-order valence-corrected chi connectivity index (χ0v) is 17.3. The second kappa shape index (κ2) is 7.96. The quantitative estimate of drug-likeness (QED) is 0.452. The third-order valence-corrected chi connectivity index (χ3v) is 6.22. The van der Waals surface area contributed by atoms with Crippen molar-refractivity contribution in [3.8, 4) is 11.1 Å². The van der Waals surface area contributed by atoms with E-state index in [1.54, 1.807) is 0 Å². The van der Waals surface area contributed by atoms with E-state index in [1.165, 1.54) is 0 Å². The van der Waals surface area contributed by atoms with Crippen molar-refractivity contribution in [3.63, 3.8) is 0 Å². The molecule has 30 heavy (non-hydrogen) atoms. The number of aromatic nitrogens is 2. The van der Waals surface area contributed by atoms with Crippen LogP contribution < -0.4 is 0 Å². The van der Waals surface area contributed by atoms with Gasteiger partial charge in [0.15, 0.2) is 0 Å². The number of halogens is 1. The Morgan fingerprint density at radius 2 is 1.63 bits per heavy atom. The molecule has 1 amide bonds. The molecule has 4 aromatic rings. The standard InChI is InChI=1S/C25H22ClN3O/c26-21-6-2-1-5-20(21)17-9-11-19(12-10-17)25(30)29-15-13-18(14-16-29)24-27-22-7-3-4-8-23(22)28-24/h1-12,18H,13-16H2,(H,27,28). The van der Waals surface area contributed by atoms with Crippen molar-refractivity contribution in [2.45, 2.75) is 18.8 Å². The third kappa shape index (κ3) is 3.59. The van der Waals surface area contributed by atoms with Gasteiger partial charge >= 0.3 is 0 Å². The number of likely N-dealkylation sites (tertiary alicyclic amines) is 1. The highest BCUT2D eigenvalue weighted by molar-refractivity contribution is 6.33. The summed E-state index contributed by atoms with van der Waals surface area (Å²) in [7, 11) is 0. The van der Waals surface area contributed by atoms with Gasteiger partial charge in [0, 0.05) is 35.2 Å². The predicted molar refractivity (Wildman–Crippen MR) is 121 cm³/mol. The fourth-order valence-electron chi connectivity index (χ4n) is 4.19. The van der Waals surface area contributed by atoms with E-state index in [2.05, 4.69) is 11.1 Å². The van der Waals surface area contributed by atoms with Gasteiger partial charge in [-0.1, -0.05) is 54.1 Å². The molecule has 4 nitrogen and oxygen atoms in total. The van der Waals surface area contributed by atoms with Crippen LogP contribution in [-0.4, -0.2) is 33.9 Å². The molecule has 1 saturated heterocycles. The Balaban J connectivity index is 1.26. The molecule has 150 valence electrons. The van der Waals surface area contributed by atoms with Crippen LogP contribution in [0, 0.1) is 0 Å². The number of aromatic amines is 1. The molecule has 0 radical (unpaired) electrons. The van der Waals surface area contributed by atoms with Crippen LogP contribution in [0.4, 0.5) is 0 Å². The highest BCUT2D eigenvalue weighted by Crippen LogP contribution is 2.30. The smallest absolute Gasteiger partial charge is 0.253 e. The van der Waals surface area contributed by atoms with Crippen LogP contribution in [0.2, 0.25) is 5.02 Å². The number of benzene rings is 3. The Labute approximate surface area is 180 Å². The average Bonchev–Trinajstić information content (AvgIpc) is 3.24. The molecule has 0 aliphatic carbocycles. The van der Waals surface area contributed by atoms with Crippen LogP contribution in [0.5, 0.6) is 0 Å². The summed E-state index contributed by atoms with van der Waals surface area (Å²) in [5.74, 6) is 1.49. The van der Waals surface area contributed by atoms with E-state index in [-0.39, 0.29) is 5.91 Å². The lowest BCUT2D eigenvalue weighted by atomic mass is 9.95. The number of piperidine rings is 1. The molecular formula is C25H22ClN3O. The molecule has 2 heterocycles. The molecule has 0 saturated carbocycles. The van der Waals surface area contributed by atoms with Gasteiger partial charge in [-0.25, -0.2) is 4.98 Å². The second-order valence-electron chi connectivity index (χ2n) is 7.76. The topological polar surface area (TPSA) is 49.0 Å². The molecule has 3 aromatic carbocycles. The zero-order valence-electron chi connectivity index (χ0n) is 16.5. The monoisotopic (exact) mass is 415 g/mol. The van der Waals surface area contributed by atoms with Crippen LogP contribution in [0.1, 0.15) is 34.9 Å². The Bertz CT molecular complexity index is 1160. The van der Waals surface area contributed by atoms with Gasteiger partial charge in [0.25, 0.3) is 5.91 Å². The number of para-hydroxylation sites is 2. The van der Waals surface area contributed by atoms with Gasteiger partial charge < -0.3 is 9.88 Å². The number of carbonyl (C=O) groups is 1. The van der Waals surface area contributed by atoms with Crippen molar-refractivity contribution in [1.82, 2.24) is 14.9 Å². The molecule has 0 unspecified atom stereocenters. The molecule has 0 bridgehead atoms. The van der Waals surface area contributed by atoms with Crippen molar-refractivity contribution in [2.24, 2.45) is 0 Å². The number of nitrogens with zero attached hydrogens (tertiary/aromatic N) is 2. The van der Waals surface area contributed by atoms with Crippen LogP contribution in [0.15, 0.2) is 72.8 Å². The van der Waals surface area contributed by atoms with Crippen molar-refractivity contribution in [1.29, 1.82) is 0 Å². The first-order chi connectivity index (χ1) is 14.7. The third-order valence-electron chi connectivity index (χ3n) is 5.89. The van der Waals surface area contributed by atoms with Crippen LogP contribution in [0.25, 0.3) is 22.2 Å². The first kappa shape index (κ1) is 18.9. The van der Waals surface area contributed by atoms with E-state index in [9.17, 15) is 4.79 Å². The van der Waals surface area contributed by atoms with Crippen LogP contribution in [0.3, 0.4) is 0 Å². The predicted octanol–water partition coefficient (Wildman–Crippen LogP) is 5.90. The number of imidazole rings is 1. The molecule has 1 N–H and O–H groups in total. The normalized spacial score (nSPS) is 14.9.